The number of halogens is 1. The standard InChI is InChI=1S/C14H15BrN2O2/c1-3-13-16-6-7-17(13)9-11-5-4-10(8-12(11)15)14(18)19-2/h4-8H,3,9H2,1-2H3. The van der Waals surface area contributed by atoms with Gasteiger partial charge < -0.3 is 9.30 Å². The van der Waals surface area contributed by atoms with E-state index in [0.717, 1.165) is 28.8 Å². The summed E-state index contributed by atoms with van der Waals surface area (Å²) < 4.78 is 7.69. The van der Waals surface area contributed by atoms with E-state index >= 15 is 0 Å². The Kier molecular flexibility index (Phi) is 4.37. The molecule has 5 heteroatoms. The highest BCUT2D eigenvalue weighted by Crippen LogP contribution is 2.20. The number of hydrogen-bond donors (Lipinski definition) is 0. The molecule has 0 aliphatic heterocycles. The van der Waals surface area contributed by atoms with Crippen molar-refractivity contribution in [2.45, 2.75) is 19.9 Å². The van der Waals surface area contributed by atoms with Gasteiger partial charge in [-0.05, 0) is 17.7 Å². The van der Waals surface area contributed by atoms with E-state index in [1.807, 2.05) is 12.3 Å². The molecule has 0 spiro atoms. The number of aryl methyl sites for hydroxylation is 1. The van der Waals surface area contributed by atoms with Gasteiger partial charge >= 0.3 is 5.97 Å². The SMILES string of the molecule is CCc1nccn1Cc1ccc(C(=O)OC)cc1Br. The first-order valence-corrected chi connectivity index (χ1v) is 6.81. The molecule has 0 fully saturated rings. The van der Waals surface area contributed by atoms with Crippen molar-refractivity contribution in [1.29, 1.82) is 0 Å². The molecule has 100 valence electrons. The average molecular weight is 323 g/mol. The van der Waals surface area contributed by atoms with Crippen molar-refractivity contribution in [3.8, 4) is 0 Å². The predicted octanol–water partition coefficient (Wildman–Crippen LogP) is 3.04. The van der Waals surface area contributed by atoms with Gasteiger partial charge in [0.2, 0.25) is 0 Å². The molecule has 0 saturated heterocycles. The Balaban J connectivity index is 2.24. The molecule has 1 heterocycles. The van der Waals surface area contributed by atoms with Crippen molar-refractivity contribution in [3.63, 3.8) is 0 Å². The van der Waals surface area contributed by atoms with Gasteiger partial charge in [0, 0.05) is 29.8 Å². The van der Waals surface area contributed by atoms with Gasteiger partial charge in [-0.15, -0.1) is 0 Å². The largest absolute Gasteiger partial charge is 0.465 e. The summed E-state index contributed by atoms with van der Waals surface area (Å²) in [5.41, 5.74) is 1.64. The van der Waals surface area contributed by atoms with Crippen molar-refractivity contribution >= 4 is 21.9 Å². The summed E-state index contributed by atoms with van der Waals surface area (Å²) >= 11 is 3.50. The third kappa shape index (κ3) is 3.04. The molecule has 1 aromatic heterocycles. The number of aromatic nitrogens is 2. The van der Waals surface area contributed by atoms with Crippen LogP contribution in [0.2, 0.25) is 0 Å². The highest BCUT2D eigenvalue weighted by molar-refractivity contribution is 9.10. The zero-order chi connectivity index (χ0) is 13.8. The van der Waals surface area contributed by atoms with Gasteiger partial charge in [0.05, 0.1) is 12.7 Å². The second kappa shape index (κ2) is 6.02. The molecule has 0 aliphatic carbocycles. The number of methoxy groups -OCH3 is 1. The smallest absolute Gasteiger partial charge is 0.337 e. The summed E-state index contributed by atoms with van der Waals surface area (Å²) in [5, 5.41) is 0. The Morgan fingerprint density at radius 2 is 2.26 bits per heavy atom. The first kappa shape index (κ1) is 13.8. The van der Waals surface area contributed by atoms with Gasteiger partial charge in [0.1, 0.15) is 5.82 Å². The fourth-order valence-corrected chi connectivity index (χ4v) is 2.41. The van der Waals surface area contributed by atoms with Gasteiger partial charge in [-0.2, -0.15) is 0 Å². The summed E-state index contributed by atoms with van der Waals surface area (Å²) in [6.45, 7) is 2.80. The van der Waals surface area contributed by atoms with Crippen LogP contribution >= 0.6 is 15.9 Å². The van der Waals surface area contributed by atoms with Gasteiger partial charge in [-0.1, -0.05) is 28.9 Å². The van der Waals surface area contributed by atoms with E-state index in [9.17, 15) is 4.79 Å². The molecule has 0 amide bonds. The number of benzene rings is 1. The lowest BCUT2D eigenvalue weighted by Gasteiger charge is -2.09. The first-order chi connectivity index (χ1) is 9.15. The second-order valence-electron chi connectivity index (χ2n) is 4.12. The van der Waals surface area contributed by atoms with Crippen LogP contribution in [0.4, 0.5) is 0 Å². The molecule has 0 saturated carbocycles. The molecule has 4 nitrogen and oxygen atoms in total. The zero-order valence-electron chi connectivity index (χ0n) is 10.9. The van der Waals surface area contributed by atoms with Crippen LogP contribution in [-0.2, 0) is 17.7 Å². The molecular formula is C14H15BrN2O2. The fourth-order valence-electron chi connectivity index (χ4n) is 1.90. The summed E-state index contributed by atoms with van der Waals surface area (Å²) in [6, 6.07) is 5.48. The maximum Gasteiger partial charge on any atom is 0.337 e. The number of carbonyl (C=O) groups is 1. The minimum atomic E-state index is -0.330. The van der Waals surface area contributed by atoms with Crippen molar-refractivity contribution in [1.82, 2.24) is 9.55 Å². The van der Waals surface area contributed by atoms with Crippen molar-refractivity contribution in [2.24, 2.45) is 0 Å². The molecule has 0 aliphatic rings. The third-order valence-electron chi connectivity index (χ3n) is 2.93. The number of hydrogen-bond acceptors (Lipinski definition) is 3. The summed E-state index contributed by atoms with van der Waals surface area (Å²) in [5.74, 6) is 0.716. The number of imidazole rings is 1. The Labute approximate surface area is 120 Å². The first-order valence-electron chi connectivity index (χ1n) is 6.02. The number of carbonyl (C=O) groups excluding carboxylic acids is 1. The van der Waals surface area contributed by atoms with Crippen molar-refractivity contribution < 1.29 is 9.53 Å². The average Bonchev–Trinajstić information content (AvgIpc) is 2.87. The predicted molar refractivity (Wildman–Crippen MR) is 76.2 cm³/mol. The van der Waals surface area contributed by atoms with E-state index < -0.39 is 0 Å². The summed E-state index contributed by atoms with van der Waals surface area (Å²) in [4.78, 5) is 15.7. The monoisotopic (exact) mass is 322 g/mol. The molecule has 19 heavy (non-hydrogen) atoms. The van der Waals surface area contributed by atoms with Crippen LogP contribution in [0.25, 0.3) is 0 Å². The van der Waals surface area contributed by atoms with E-state index in [-0.39, 0.29) is 5.97 Å². The quantitative estimate of drug-likeness (QED) is 0.813. The molecule has 0 N–H and O–H groups in total. The van der Waals surface area contributed by atoms with Crippen LogP contribution in [0.5, 0.6) is 0 Å². The van der Waals surface area contributed by atoms with E-state index in [1.54, 1.807) is 18.3 Å². The van der Waals surface area contributed by atoms with E-state index in [4.69, 9.17) is 4.74 Å². The van der Waals surface area contributed by atoms with E-state index in [0.29, 0.717) is 5.56 Å². The van der Waals surface area contributed by atoms with Crippen LogP contribution < -0.4 is 0 Å². The lowest BCUT2D eigenvalue weighted by Crippen LogP contribution is -2.06. The molecule has 0 bridgehead atoms. The highest BCUT2D eigenvalue weighted by atomic mass is 79.9. The minimum absolute atomic E-state index is 0.330. The van der Waals surface area contributed by atoms with Crippen LogP contribution in [0.15, 0.2) is 35.1 Å². The maximum atomic E-state index is 11.4. The van der Waals surface area contributed by atoms with E-state index in [2.05, 4.69) is 32.4 Å². The lowest BCUT2D eigenvalue weighted by molar-refractivity contribution is 0.0600. The number of rotatable bonds is 4. The van der Waals surface area contributed by atoms with Crippen LogP contribution in [-0.4, -0.2) is 22.6 Å². The number of esters is 1. The Morgan fingerprint density at radius 1 is 1.47 bits per heavy atom. The fraction of sp³-hybridized carbons (Fsp3) is 0.286. The summed E-state index contributed by atoms with van der Waals surface area (Å²) in [6.07, 6.45) is 4.65. The lowest BCUT2D eigenvalue weighted by atomic mass is 10.1. The Hall–Kier alpha value is -1.62. The highest BCUT2D eigenvalue weighted by Gasteiger charge is 2.09. The Bertz CT molecular complexity index is 593. The van der Waals surface area contributed by atoms with Gasteiger partial charge in [0.25, 0.3) is 0 Å². The third-order valence-corrected chi connectivity index (χ3v) is 3.67. The van der Waals surface area contributed by atoms with Crippen LogP contribution in [0.3, 0.4) is 0 Å². The molecule has 2 aromatic rings. The minimum Gasteiger partial charge on any atom is -0.465 e. The number of nitrogens with zero attached hydrogens (tertiary/aromatic N) is 2. The van der Waals surface area contributed by atoms with Gasteiger partial charge in [0.15, 0.2) is 0 Å². The molecule has 0 radical (unpaired) electrons. The molecule has 1 aromatic carbocycles. The topological polar surface area (TPSA) is 44.1 Å². The van der Waals surface area contributed by atoms with Crippen molar-refractivity contribution in [2.75, 3.05) is 7.11 Å². The zero-order valence-corrected chi connectivity index (χ0v) is 12.5. The normalized spacial score (nSPS) is 10.5. The Morgan fingerprint density at radius 3 is 2.89 bits per heavy atom. The summed E-state index contributed by atoms with van der Waals surface area (Å²) in [7, 11) is 1.38. The maximum absolute atomic E-state index is 11.4. The second-order valence-corrected chi connectivity index (χ2v) is 4.98. The van der Waals surface area contributed by atoms with Crippen LogP contribution in [0.1, 0.15) is 28.7 Å². The molecule has 0 atom stereocenters. The molecule has 2 rings (SSSR count). The van der Waals surface area contributed by atoms with Gasteiger partial charge in [-0.3, -0.25) is 0 Å². The van der Waals surface area contributed by atoms with Crippen molar-refractivity contribution in [3.05, 3.63) is 52.0 Å². The number of ether oxygens (including phenoxy) is 1. The molecule has 0 unspecified atom stereocenters. The van der Waals surface area contributed by atoms with Crippen LogP contribution in [0, 0.1) is 0 Å². The van der Waals surface area contributed by atoms with Gasteiger partial charge in [-0.25, -0.2) is 9.78 Å². The molecular weight excluding hydrogens is 308 g/mol. The van der Waals surface area contributed by atoms with E-state index in [1.165, 1.54) is 7.11 Å².